The van der Waals surface area contributed by atoms with E-state index in [1.807, 2.05) is 6.92 Å². The van der Waals surface area contributed by atoms with Crippen molar-refractivity contribution in [1.82, 2.24) is 9.47 Å². The lowest BCUT2D eigenvalue weighted by atomic mass is 9.99. The first kappa shape index (κ1) is 14.1. The monoisotopic (exact) mass is 286 g/mol. The van der Waals surface area contributed by atoms with Crippen LogP contribution in [0.15, 0.2) is 24.3 Å². The molecule has 2 heterocycles. The maximum atomic E-state index is 11.3. The largest absolute Gasteiger partial charge is 0.481 e. The Balaban J connectivity index is 1.88. The van der Waals surface area contributed by atoms with Crippen molar-refractivity contribution in [2.24, 2.45) is 18.9 Å². The molecule has 1 N–H and O–H groups in total. The van der Waals surface area contributed by atoms with Gasteiger partial charge >= 0.3 is 5.97 Å². The average molecular weight is 286 g/mol. The van der Waals surface area contributed by atoms with Crippen LogP contribution in [-0.2, 0) is 18.4 Å². The minimum Gasteiger partial charge on any atom is -0.481 e. The molecule has 2 unspecified atom stereocenters. The Kier molecular flexibility index (Phi) is 3.49. The van der Waals surface area contributed by atoms with Crippen LogP contribution in [0.5, 0.6) is 0 Å². The van der Waals surface area contributed by atoms with Gasteiger partial charge in [-0.25, -0.2) is 0 Å². The number of carbonyl (C=O) groups is 1. The second-order valence-corrected chi connectivity index (χ2v) is 6.26. The predicted octanol–water partition coefficient (Wildman–Crippen LogP) is 2.64. The zero-order chi connectivity index (χ0) is 15.1. The lowest BCUT2D eigenvalue weighted by Crippen LogP contribution is -2.24. The molecule has 112 valence electrons. The summed E-state index contributed by atoms with van der Waals surface area (Å²) in [6, 6.07) is 8.42. The third kappa shape index (κ3) is 2.33. The van der Waals surface area contributed by atoms with Gasteiger partial charge in [0, 0.05) is 43.3 Å². The van der Waals surface area contributed by atoms with Crippen molar-refractivity contribution in [1.29, 1.82) is 0 Å². The van der Waals surface area contributed by atoms with Gasteiger partial charge in [-0.3, -0.25) is 9.69 Å². The molecule has 4 heteroatoms. The molecule has 21 heavy (non-hydrogen) atoms. The van der Waals surface area contributed by atoms with E-state index in [2.05, 4.69) is 47.7 Å². The maximum absolute atomic E-state index is 11.3. The van der Waals surface area contributed by atoms with Crippen LogP contribution < -0.4 is 0 Å². The van der Waals surface area contributed by atoms with E-state index in [1.165, 1.54) is 22.2 Å². The van der Waals surface area contributed by atoms with Crippen molar-refractivity contribution < 1.29 is 9.90 Å². The quantitative estimate of drug-likeness (QED) is 0.943. The molecule has 0 saturated carbocycles. The molecule has 1 aromatic heterocycles. The molecule has 0 bridgehead atoms. The number of benzene rings is 1. The summed E-state index contributed by atoms with van der Waals surface area (Å²) >= 11 is 0. The summed E-state index contributed by atoms with van der Waals surface area (Å²) in [5.41, 5.74) is 3.83. The van der Waals surface area contributed by atoms with E-state index >= 15 is 0 Å². The van der Waals surface area contributed by atoms with Crippen molar-refractivity contribution in [2.45, 2.75) is 20.4 Å². The minimum atomic E-state index is -0.668. The topological polar surface area (TPSA) is 45.5 Å². The SMILES string of the molecule is Cc1c(CN2CC(C)C(C(=O)O)C2)n(C)c2ccccc12. The van der Waals surface area contributed by atoms with Gasteiger partial charge in [0.2, 0.25) is 0 Å². The fourth-order valence-electron chi connectivity index (χ4n) is 3.59. The number of likely N-dealkylation sites (tertiary alicyclic amines) is 1. The Hall–Kier alpha value is -1.81. The molecule has 0 radical (unpaired) electrons. The summed E-state index contributed by atoms with van der Waals surface area (Å²) in [4.78, 5) is 13.5. The molecule has 1 saturated heterocycles. The van der Waals surface area contributed by atoms with Crippen LogP contribution in [0.3, 0.4) is 0 Å². The molecule has 0 spiro atoms. The number of carboxylic acid groups (broad SMARTS) is 1. The van der Waals surface area contributed by atoms with Gasteiger partial charge < -0.3 is 9.67 Å². The van der Waals surface area contributed by atoms with E-state index in [0.717, 1.165) is 13.1 Å². The summed E-state index contributed by atoms with van der Waals surface area (Å²) in [6.07, 6.45) is 0. The number of rotatable bonds is 3. The molecule has 1 aliphatic heterocycles. The lowest BCUT2D eigenvalue weighted by molar-refractivity contribution is -0.142. The molecule has 0 aliphatic carbocycles. The van der Waals surface area contributed by atoms with Crippen LogP contribution in [0, 0.1) is 18.8 Å². The van der Waals surface area contributed by atoms with Gasteiger partial charge in [-0.05, 0) is 24.5 Å². The fourth-order valence-corrected chi connectivity index (χ4v) is 3.59. The van der Waals surface area contributed by atoms with Crippen LogP contribution in [-0.4, -0.2) is 33.6 Å². The molecule has 3 rings (SSSR count). The zero-order valence-electron chi connectivity index (χ0n) is 12.8. The number of hydrogen-bond donors (Lipinski definition) is 1. The van der Waals surface area contributed by atoms with E-state index in [1.54, 1.807) is 0 Å². The Bertz CT molecular complexity index is 650. The summed E-state index contributed by atoms with van der Waals surface area (Å²) in [5.74, 6) is -0.684. The first-order chi connectivity index (χ1) is 9.99. The Morgan fingerprint density at radius 1 is 1.33 bits per heavy atom. The first-order valence-electron chi connectivity index (χ1n) is 7.47. The van der Waals surface area contributed by atoms with Crippen molar-refractivity contribution >= 4 is 16.9 Å². The predicted molar refractivity (Wildman–Crippen MR) is 83.2 cm³/mol. The van der Waals surface area contributed by atoms with Crippen LogP contribution in [0.1, 0.15) is 18.2 Å². The maximum Gasteiger partial charge on any atom is 0.308 e. The zero-order valence-corrected chi connectivity index (χ0v) is 12.8. The normalized spacial score (nSPS) is 23.0. The molecular weight excluding hydrogens is 264 g/mol. The highest BCUT2D eigenvalue weighted by Gasteiger charge is 2.35. The van der Waals surface area contributed by atoms with Crippen LogP contribution in [0.4, 0.5) is 0 Å². The molecule has 1 aliphatic rings. The summed E-state index contributed by atoms with van der Waals surface area (Å²) < 4.78 is 2.24. The molecule has 2 atom stereocenters. The highest BCUT2D eigenvalue weighted by Crippen LogP contribution is 2.29. The number of para-hydroxylation sites is 1. The fraction of sp³-hybridized carbons (Fsp3) is 0.471. The lowest BCUT2D eigenvalue weighted by Gasteiger charge is -2.17. The van der Waals surface area contributed by atoms with Crippen LogP contribution >= 0.6 is 0 Å². The number of fused-ring (bicyclic) bond motifs is 1. The van der Waals surface area contributed by atoms with Gasteiger partial charge in [0.15, 0.2) is 0 Å². The number of aryl methyl sites for hydroxylation is 2. The Morgan fingerprint density at radius 3 is 2.67 bits per heavy atom. The van der Waals surface area contributed by atoms with Gasteiger partial charge in [0.1, 0.15) is 0 Å². The number of aliphatic carboxylic acids is 1. The van der Waals surface area contributed by atoms with Gasteiger partial charge in [0.05, 0.1) is 5.92 Å². The standard InChI is InChI=1S/C17H22N2O2/c1-11-8-19(9-14(11)17(20)21)10-16-12(2)13-6-4-5-7-15(13)18(16)3/h4-7,11,14H,8-10H2,1-3H3,(H,20,21). The van der Waals surface area contributed by atoms with Crippen molar-refractivity contribution in [3.63, 3.8) is 0 Å². The third-order valence-corrected chi connectivity index (χ3v) is 4.89. The molecule has 1 aromatic carbocycles. The van der Waals surface area contributed by atoms with Gasteiger partial charge in [-0.1, -0.05) is 25.1 Å². The average Bonchev–Trinajstić information content (AvgIpc) is 2.94. The Labute approximate surface area is 125 Å². The second kappa shape index (κ2) is 5.19. The number of carboxylic acids is 1. The molecule has 4 nitrogen and oxygen atoms in total. The van der Waals surface area contributed by atoms with Crippen molar-refractivity contribution in [3.8, 4) is 0 Å². The highest BCUT2D eigenvalue weighted by atomic mass is 16.4. The molecule has 0 amide bonds. The van der Waals surface area contributed by atoms with E-state index in [0.29, 0.717) is 6.54 Å². The van der Waals surface area contributed by atoms with Gasteiger partial charge in [-0.2, -0.15) is 0 Å². The van der Waals surface area contributed by atoms with Gasteiger partial charge in [0.25, 0.3) is 0 Å². The van der Waals surface area contributed by atoms with Crippen LogP contribution in [0.25, 0.3) is 10.9 Å². The highest BCUT2D eigenvalue weighted by molar-refractivity contribution is 5.85. The summed E-state index contributed by atoms with van der Waals surface area (Å²) in [7, 11) is 2.10. The van der Waals surface area contributed by atoms with Crippen molar-refractivity contribution in [3.05, 3.63) is 35.5 Å². The minimum absolute atomic E-state index is 0.220. The molecular formula is C17H22N2O2. The van der Waals surface area contributed by atoms with E-state index in [-0.39, 0.29) is 11.8 Å². The Morgan fingerprint density at radius 2 is 2.05 bits per heavy atom. The summed E-state index contributed by atoms with van der Waals surface area (Å²) in [6.45, 7) is 6.53. The smallest absolute Gasteiger partial charge is 0.308 e. The van der Waals surface area contributed by atoms with Crippen molar-refractivity contribution in [2.75, 3.05) is 13.1 Å². The van der Waals surface area contributed by atoms with Gasteiger partial charge in [-0.15, -0.1) is 0 Å². The number of aromatic nitrogens is 1. The van der Waals surface area contributed by atoms with E-state index < -0.39 is 5.97 Å². The first-order valence-corrected chi connectivity index (χ1v) is 7.47. The van der Waals surface area contributed by atoms with Crippen LogP contribution in [0.2, 0.25) is 0 Å². The number of nitrogens with zero attached hydrogens (tertiary/aromatic N) is 2. The summed E-state index contributed by atoms with van der Waals surface area (Å²) in [5, 5.41) is 10.5. The molecule has 2 aromatic rings. The third-order valence-electron chi connectivity index (χ3n) is 4.89. The number of hydrogen-bond acceptors (Lipinski definition) is 2. The van der Waals surface area contributed by atoms with E-state index in [4.69, 9.17) is 0 Å². The molecule has 1 fully saturated rings. The van der Waals surface area contributed by atoms with E-state index in [9.17, 15) is 9.90 Å². The second-order valence-electron chi connectivity index (χ2n) is 6.26.